The number of aromatic nitrogens is 2. The molecule has 6 aromatic rings. The van der Waals surface area contributed by atoms with Gasteiger partial charge in [0.15, 0.2) is 22.9 Å². The van der Waals surface area contributed by atoms with Crippen LogP contribution in [0.4, 0.5) is 24.7 Å². The molecule has 2 aliphatic carbocycles. The number of carbonyl (C=O) groups is 4. The average molecular weight is 909 g/mol. The number of anilines is 2. The Morgan fingerprint density at radius 2 is 1.67 bits per heavy atom. The first-order chi connectivity index (χ1) is 30.7. The molecule has 64 heavy (non-hydrogen) atoms. The molecule has 4 aliphatic rings. The number of nitrogens with zero attached hydrogens (tertiary/aromatic N) is 4. The fourth-order valence-corrected chi connectivity index (χ4v) is 10.5. The maximum atomic E-state index is 15.5. The van der Waals surface area contributed by atoms with Crippen molar-refractivity contribution in [3.05, 3.63) is 142 Å². The molecule has 12 nitrogen and oxygen atoms in total. The van der Waals surface area contributed by atoms with Gasteiger partial charge in [-0.05, 0) is 91.9 Å². The number of allylic oxidation sites excluding steroid dienone is 2. The fraction of sp³-hybridized carbons (Fsp3) is 0.234. The number of phenolic OH excluding ortho intramolecular Hbond substituents is 1. The van der Waals surface area contributed by atoms with Crippen molar-refractivity contribution in [2.24, 2.45) is 23.7 Å². The van der Waals surface area contributed by atoms with Crippen LogP contribution in [0.15, 0.2) is 119 Å². The van der Waals surface area contributed by atoms with Gasteiger partial charge in [-0.2, -0.15) is 18.2 Å². The van der Waals surface area contributed by atoms with Crippen LogP contribution in [0.3, 0.4) is 0 Å². The summed E-state index contributed by atoms with van der Waals surface area (Å²) < 4.78 is 52.5. The van der Waals surface area contributed by atoms with Gasteiger partial charge in [0.2, 0.25) is 17.7 Å². The van der Waals surface area contributed by atoms with Crippen molar-refractivity contribution >= 4 is 69.4 Å². The van der Waals surface area contributed by atoms with Crippen LogP contribution in [0.25, 0.3) is 22.6 Å². The van der Waals surface area contributed by atoms with Gasteiger partial charge in [0.1, 0.15) is 5.52 Å². The third-order valence-corrected chi connectivity index (χ3v) is 13.4. The number of para-hydroxylation sites is 3. The molecule has 2 N–H and O–H groups in total. The molecule has 1 saturated carbocycles. The summed E-state index contributed by atoms with van der Waals surface area (Å²) in [6, 6.07) is 25.8. The maximum Gasteiger partial charge on any atom is 0.417 e. The van der Waals surface area contributed by atoms with Crippen molar-refractivity contribution < 1.29 is 46.6 Å². The molecule has 324 valence electrons. The van der Waals surface area contributed by atoms with Gasteiger partial charge >= 0.3 is 6.18 Å². The van der Waals surface area contributed by atoms with Gasteiger partial charge in [0.25, 0.3) is 11.8 Å². The lowest BCUT2D eigenvalue weighted by Crippen LogP contribution is -2.53. The van der Waals surface area contributed by atoms with E-state index in [-0.39, 0.29) is 36.5 Å². The lowest BCUT2D eigenvalue weighted by Gasteiger charge is -2.50. The second-order valence-corrected chi connectivity index (χ2v) is 16.9. The zero-order valence-electron chi connectivity index (χ0n) is 33.5. The molecular formula is C47H34Cl2F3N5O7. The van der Waals surface area contributed by atoms with E-state index in [4.69, 9.17) is 32.4 Å². The molecule has 4 aromatic carbocycles. The molecule has 2 aromatic heterocycles. The Morgan fingerprint density at radius 3 is 2.38 bits per heavy atom. The van der Waals surface area contributed by atoms with E-state index in [1.165, 1.54) is 0 Å². The smallest absolute Gasteiger partial charge is 0.417 e. The van der Waals surface area contributed by atoms with E-state index >= 15 is 9.59 Å². The molecule has 17 heteroatoms. The second kappa shape index (κ2) is 15.2. The minimum absolute atomic E-state index is 0.0948. The Kier molecular flexibility index (Phi) is 9.83. The number of aromatic hydroxyl groups is 1. The molecule has 0 radical (unpaired) electrons. The summed E-state index contributed by atoms with van der Waals surface area (Å²) >= 11 is 12.7. The van der Waals surface area contributed by atoms with Crippen molar-refractivity contribution in [3.8, 4) is 23.0 Å². The van der Waals surface area contributed by atoms with E-state index < -0.39 is 81.2 Å². The first kappa shape index (κ1) is 41.3. The minimum Gasteiger partial charge on any atom is -0.504 e. The number of amides is 4. The highest BCUT2D eigenvalue weighted by atomic mass is 35.5. The number of rotatable bonds is 8. The first-order valence-corrected chi connectivity index (χ1v) is 21.1. The molecular weight excluding hydrogens is 874 g/mol. The largest absolute Gasteiger partial charge is 0.504 e. The third kappa shape index (κ3) is 6.26. The SMILES string of the molecule is CCOc1cccc(C2C3=CCC4C(=O)N(c5ccc(-c6nc7ccccc7o6)cc5)C(=O)C4C3CC3C(=O)N(Nc4ncc(C(F)(F)F)cc4Cl)C(=O)C32c2ccc(Cl)cc2)c1O. The van der Waals surface area contributed by atoms with E-state index in [9.17, 15) is 27.9 Å². The van der Waals surface area contributed by atoms with Crippen LogP contribution < -0.4 is 15.1 Å². The second-order valence-electron chi connectivity index (χ2n) is 16.1. The standard InChI is InChI=1S/C47H34Cl2F3N5O7/c1-2-63-36-9-5-6-30(39(36)58)38-28-18-19-29-37(44(61)56(42(29)59)27-16-10-23(11-17-27)41-54-34-7-3-4-8-35(34)64-41)31(28)21-32-43(60)57(45(62)46(32,38)24-12-14-26(48)15-13-24)55-40-33(49)20-25(22-53-40)47(50,51)52/h3-18,20,22,29,31-32,37-38,58H,2,19,21H2,1H3,(H,53,55). The maximum absolute atomic E-state index is 15.5. The summed E-state index contributed by atoms with van der Waals surface area (Å²) in [5.74, 6) is -7.88. The molecule has 3 fully saturated rings. The highest BCUT2D eigenvalue weighted by molar-refractivity contribution is 6.33. The number of carbonyl (C=O) groups excluding carboxylic acids is 4. The molecule has 0 spiro atoms. The van der Waals surface area contributed by atoms with Gasteiger partial charge in [-0.25, -0.2) is 9.97 Å². The number of hydrogen-bond donors (Lipinski definition) is 2. The van der Waals surface area contributed by atoms with Crippen molar-refractivity contribution in [2.45, 2.75) is 37.3 Å². The van der Waals surface area contributed by atoms with Gasteiger partial charge in [-0.3, -0.25) is 29.5 Å². The number of hydrazine groups is 1. The number of oxazole rings is 1. The molecule has 6 unspecified atom stereocenters. The number of phenols is 1. The molecule has 0 bridgehead atoms. The number of pyridine rings is 1. The normalized spacial score (nSPS) is 24.2. The number of imide groups is 2. The summed E-state index contributed by atoms with van der Waals surface area (Å²) in [5, 5.41) is 12.5. The van der Waals surface area contributed by atoms with Gasteiger partial charge in [0, 0.05) is 28.3 Å². The number of ether oxygens (including phenoxy) is 1. The average Bonchev–Trinajstić information content (AvgIpc) is 3.89. The van der Waals surface area contributed by atoms with Crippen molar-refractivity contribution in [1.82, 2.24) is 15.0 Å². The lowest BCUT2D eigenvalue weighted by molar-refractivity contribution is -0.139. The zero-order valence-corrected chi connectivity index (χ0v) is 35.0. The Morgan fingerprint density at radius 1 is 0.922 bits per heavy atom. The summed E-state index contributed by atoms with van der Waals surface area (Å²) in [7, 11) is 0. The van der Waals surface area contributed by atoms with Gasteiger partial charge in [0.05, 0.1) is 46.0 Å². The number of benzene rings is 4. The number of nitrogens with one attached hydrogen (secondary N) is 1. The van der Waals surface area contributed by atoms with Gasteiger partial charge in [-0.15, -0.1) is 0 Å². The number of alkyl halides is 3. The Labute approximate surface area is 372 Å². The van der Waals surface area contributed by atoms with E-state index in [0.717, 1.165) is 4.90 Å². The van der Waals surface area contributed by atoms with E-state index in [0.29, 0.717) is 61.7 Å². The van der Waals surface area contributed by atoms with Crippen molar-refractivity contribution in [3.63, 3.8) is 0 Å². The zero-order chi connectivity index (χ0) is 44.8. The Hall–Kier alpha value is -6.71. The van der Waals surface area contributed by atoms with Crippen LogP contribution in [-0.4, -0.2) is 50.3 Å². The van der Waals surface area contributed by atoms with Gasteiger partial charge in [-0.1, -0.05) is 71.2 Å². The minimum atomic E-state index is -4.78. The first-order valence-electron chi connectivity index (χ1n) is 20.3. The van der Waals surface area contributed by atoms with Crippen LogP contribution in [0, 0.1) is 23.7 Å². The van der Waals surface area contributed by atoms with Crippen LogP contribution in [0.5, 0.6) is 11.5 Å². The summed E-state index contributed by atoms with van der Waals surface area (Å²) in [5.41, 5.74) is 2.90. The molecule has 4 heterocycles. The van der Waals surface area contributed by atoms with Gasteiger partial charge < -0.3 is 14.3 Å². The van der Waals surface area contributed by atoms with Crippen LogP contribution in [0.1, 0.15) is 42.4 Å². The van der Waals surface area contributed by atoms with E-state index in [1.54, 1.807) is 79.7 Å². The van der Waals surface area contributed by atoms with Crippen LogP contribution >= 0.6 is 23.2 Å². The predicted octanol–water partition coefficient (Wildman–Crippen LogP) is 9.51. The molecule has 10 rings (SSSR count). The molecule has 6 atom stereocenters. The summed E-state index contributed by atoms with van der Waals surface area (Å²) in [6.45, 7) is 1.92. The molecule has 2 aliphatic heterocycles. The summed E-state index contributed by atoms with van der Waals surface area (Å²) in [4.78, 5) is 69.4. The highest BCUT2D eigenvalue weighted by Crippen LogP contribution is 2.65. The highest BCUT2D eigenvalue weighted by Gasteiger charge is 2.71. The van der Waals surface area contributed by atoms with E-state index in [2.05, 4.69) is 15.4 Å². The number of fused-ring (bicyclic) bond motifs is 5. The third-order valence-electron chi connectivity index (χ3n) is 12.9. The number of hydrogen-bond acceptors (Lipinski definition) is 10. The number of halogens is 5. The van der Waals surface area contributed by atoms with Crippen molar-refractivity contribution in [1.29, 1.82) is 0 Å². The lowest BCUT2D eigenvalue weighted by atomic mass is 9.49. The quantitative estimate of drug-likeness (QED) is 0.111. The monoisotopic (exact) mass is 907 g/mol. The molecule has 4 amide bonds. The topological polar surface area (TPSA) is 155 Å². The Balaban J connectivity index is 1.09. The van der Waals surface area contributed by atoms with Crippen LogP contribution in [-0.2, 0) is 30.8 Å². The van der Waals surface area contributed by atoms with E-state index in [1.807, 2.05) is 24.3 Å². The fourth-order valence-electron chi connectivity index (χ4n) is 10.2. The van der Waals surface area contributed by atoms with Crippen LogP contribution in [0.2, 0.25) is 10.0 Å². The van der Waals surface area contributed by atoms with Crippen molar-refractivity contribution in [2.75, 3.05) is 16.9 Å². The Bertz CT molecular complexity index is 2930. The molecule has 2 saturated heterocycles. The predicted molar refractivity (Wildman–Crippen MR) is 228 cm³/mol. The summed E-state index contributed by atoms with van der Waals surface area (Å²) in [6.07, 6.45) is -2.45.